The average molecular weight is 331 g/mol. The molecule has 1 unspecified atom stereocenters. The van der Waals surface area contributed by atoms with Crippen LogP contribution >= 0.6 is 0 Å². The van der Waals surface area contributed by atoms with Crippen molar-refractivity contribution in [3.63, 3.8) is 0 Å². The molecule has 1 aromatic heterocycles. The van der Waals surface area contributed by atoms with E-state index >= 15 is 0 Å². The Morgan fingerprint density at radius 1 is 1.29 bits per heavy atom. The van der Waals surface area contributed by atoms with Crippen LogP contribution in [0, 0.1) is 11.6 Å². The average Bonchev–Trinajstić information content (AvgIpc) is 3.39. The molecule has 6 heteroatoms. The van der Waals surface area contributed by atoms with Gasteiger partial charge >= 0.3 is 6.03 Å². The van der Waals surface area contributed by atoms with E-state index in [2.05, 4.69) is 10.3 Å². The molecule has 24 heavy (non-hydrogen) atoms. The van der Waals surface area contributed by atoms with Gasteiger partial charge in [0.1, 0.15) is 11.6 Å². The third kappa shape index (κ3) is 3.88. The summed E-state index contributed by atoms with van der Waals surface area (Å²) < 4.78 is 26.9. The predicted molar refractivity (Wildman–Crippen MR) is 86.1 cm³/mol. The van der Waals surface area contributed by atoms with Gasteiger partial charge in [-0.1, -0.05) is 6.07 Å². The highest BCUT2D eigenvalue weighted by Gasteiger charge is 2.33. The number of amides is 2. The van der Waals surface area contributed by atoms with Gasteiger partial charge in [0.05, 0.1) is 12.6 Å². The lowest BCUT2D eigenvalue weighted by atomic mass is 10.1. The van der Waals surface area contributed by atoms with Crippen LogP contribution < -0.4 is 5.32 Å². The van der Waals surface area contributed by atoms with Crippen molar-refractivity contribution in [3.05, 3.63) is 65.5 Å². The summed E-state index contributed by atoms with van der Waals surface area (Å²) in [5.74, 6) is -1.25. The number of benzene rings is 1. The SMILES string of the molecule is CC(NC(=O)N(Cc1ccc(F)cc1F)C1CC1)c1ccncc1. The van der Waals surface area contributed by atoms with E-state index in [0.29, 0.717) is 5.56 Å². The van der Waals surface area contributed by atoms with Gasteiger partial charge in [0.25, 0.3) is 0 Å². The van der Waals surface area contributed by atoms with Crippen molar-refractivity contribution in [2.45, 2.75) is 38.4 Å². The number of urea groups is 1. The molecule has 0 spiro atoms. The highest BCUT2D eigenvalue weighted by atomic mass is 19.1. The Bertz CT molecular complexity index is 719. The first-order valence-corrected chi connectivity index (χ1v) is 7.95. The molecule has 0 aliphatic heterocycles. The minimum absolute atomic E-state index is 0.110. The fraction of sp³-hybridized carbons (Fsp3) is 0.333. The number of carbonyl (C=O) groups is 1. The van der Waals surface area contributed by atoms with Crippen molar-refractivity contribution in [1.82, 2.24) is 15.2 Å². The zero-order valence-corrected chi connectivity index (χ0v) is 13.4. The summed E-state index contributed by atoms with van der Waals surface area (Å²) in [5, 5.41) is 2.93. The fourth-order valence-corrected chi connectivity index (χ4v) is 2.59. The van der Waals surface area contributed by atoms with E-state index in [1.807, 2.05) is 19.1 Å². The van der Waals surface area contributed by atoms with E-state index in [0.717, 1.165) is 24.5 Å². The van der Waals surface area contributed by atoms with Gasteiger partial charge in [0, 0.05) is 30.1 Å². The monoisotopic (exact) mass is 331 g/mol. The van der Waals surface area contributed by atoms with Crippen molar-refractivity contribution in [2.75, 3.05) is 0 Å². The number of rotatable bonds is 5. The number of nitrogens with zero attached hydrogens (tertiary/aromatic N) is 2. The van der Waals surface area contributed by atoms with Gasteiger partial charge in [-0.2, -0.15) is 0 Å². The fourth-order valence-electron chi connectivity index (χ4n) is 2.59. The number of halogens is 2. The molecule has 1 heterocycles. The van der Waals surface area contributed by atoms with Gasteiger partial charge in [-0.15, -0.1) is 0 Å². The van der Waals surface area contributed by atoms with E-state index in [1.54, 1.807) is 17.3 Å². The van der Waals surface area contributed by atoms with Crippen LogP contribution in [0.2, 0.25) is 0 Å². The lowest BCUT2D eigenvalue weighted by Crippen LogP contribution is -2.42. The summed E-state index contributed by atoms with van der Waals surface area (Å²) in [7, 11) is 0. The smallest absolute Gasteiger partial charge is 0.318 e. The molecule has 1 aromatic carbocycles. The summed E-state index contributed by atoms with van der Waals surface area (Å²) >= 11 is 0. The second-order valence-electron chi connectivity index (χ2n) is 6.05. The molecule has 4 nitrogen and oxygen atoms in total. The van der Waals surface area contributed by atoms with Crippen molar-refractivity contribution >= 4 is 6.03 Å². The largest absolute Gasteiger partial charge is 0.331 e. The molecule has 126 valence electrons. The number of aromatic nitrogens is 1. The van der Waals surface area contributed by atoms with Crippen molar-refractivity contribution in [3.8, 4) is 0 Å². The van der Waals surface area contributed by atoms with Gasteiger partial charge in [0.15, 0.2) is 0 Å². The molecule has 3 rings (SSSR count). The highest BCUT2D eigenvalue weighted by molar-refractivity contribution is 5.75. The number of pyridine rings is 1. The molecular formula is C18H19F2N3O. The molecule has 1 fully saturated rings. The summed E-state index contributed by atoms with van der Waals surface area (Å²) in [4.78, 5) is 18.2. The maximum atomic E-state index is 13.9. The molecule has 0 saturated heterocycles. The van der Waals surface area contributed by atoms with Crippen LogP contribution in [0.3, 0.4) is 0 Å². The normalized spacial score (nSPS) is 15.0. The summed E-state index contributed by atoms with van der Waals surface area (Å²) in [6.45, 7) is 2.02. The van der Waals surface area contributed by atoms with Gasteiger partial charge in [-0.3, -0.25) is 4.98 Å². The Balaban J connectivity index is 1.70. The summed E-state index contributed by atoms with van der Waals surface area (Å²) in [5.41, 5.74) is 1.26. The van der Waals surface area contributed by atoms with Gasteiger partial charge < -0.3 is 10.2 Å². The summed E-state index contributed by atoms with van der Waals surface area (Å²) in [6.07, 6.45) is 5.15. The molecular weight excluding hydrogens is 312 g/mol. The molecule has 1 saturated carbocycles. The van der Waals surface area contributed by atoms with Crippen LogP contribution in [0.5, 0.6) is 0 Å². The maximum absolute atomic E-state index is 13.9. The van der Waals surface area contributed by atoms with E-state index in [1.165, 1.54) is 12.1 Å². The lowest BCUT2D eigenvalue weighted by Gasteiger charge is -2.25. The van der Waals surface area contributed by atoms with E-state index in [9.17, 15) is 13.6 Å². The van der Waals surface area contributed by atoms with Crippen LogP contribution in [0.4, 0.5) is 13.6 Å². The quantitative estimate of drug-likeness (QED) is 0.906. The van der Waals surface area contributed by atoms with E-state index < -0.39 is 11.6 Å². The standard InChI is InChI=1S/C18H19F2N3O/c1-12(13-6-8-21-9-7-13)22-18(24)23(16-4-5-16)11-14-2-3-15(19)10-17(14)20/h2-3,6-10,12,16H,4-5,11H2,1H3,(H,22,24). The number of nitrogens with one attached hydrogen (secondary N) is 1. The van der Waals surface area contributed by atoms with Crippen LogP contribution in [0.15, 0.2) is 42.7 Å². The van der Waals surface area contributed by atoms with E-state index in [4.69, 9.17) is 0 Å². The zero-order chi connectivity index (χ0) is 17.1. The molecule has 2 aromatic rings. The van der Waals surface area contributed by atoms with Gasteiger partial charge in [-0.05, 0) is 43.5 Å². The first-order chi connectivity index (χ1) is 11.5. The second kappa shape index (κ2) is 6.95. The van der Waals surface area contributed by atoms with Crippen molar-refractivity contribution in [1.29, 1.82) is 0 Å². The van der Waals surface area contributed by atoms with Crippen molar-refractivity contribution < 1.29 is 13.6 Å². The molecule has 1 N–H and O–H groups in total. The van der Waals surface area contributed by atoms with E-state index in [-0.39, 0.29) is 24.7 Å². The number of carbonyl (C=O) groups excluding carboxylic acids is 1. The van der Waals surface area contributed by atoms with Crippen LogP contribution in [-0.4, -0.2) is 22.0 Å². The van der Waals surface area contributed by atoms with Crippen LogP contribution in [-0.2, 0) is 6.54 Å². The lowest BCUT2D eigenvalue weighted by molar-refractivity contribution is 0.188. The topological polar surface area (TPSA) is 45.2 Å². The molecule has 1 atom stereocenters. The second-order valence-corrected chi connectivity index (χ2v) is 6.05. The zero-order valence-electron chi connectivity index (χ0n) is 13.4. The Labute approximate surface area is 139 Å². The number of hydrogen-bond acceptors (Lipinski definition) is 2. The molecule has 1 aliphatic carbocycles. The molecule has 1 aliphatic rings. The first-order valence-electron chi connectivity index (χ1n) is 7.95. The Morgan fingerprint density at radius 3 is 2.62 bits per heavy atom. The number of hydrogen-bond donors (Lipinski definition) is 1. The minimum Gasteiger partial charge on any atom is -0.331 e. The predicted octanol–water partition coefficient (Wildman–Crippen LogP) is 3.80. The Morgan fingerprint density at radius 2 is 2.00 bits per heavy atom. The third-order valence-electron chi connectivity index (χ3n) is 4.15. The molecule has 2 amide bonds. The van der Waals surface area contributed by atoms with Gasteiger partial charge in [-0.25, -0.2) is 13.6 Å². The van der Waals surface area contributed by atoms with Crippen LogP contribution in [0.25, 0.3) is 0 Å². The third-order valence-corrected chi connectivity index (χ3v) is 4.15. The molecule has 0 bridgehead atoms. The first kappa shape index (κ1) is 16.4. The summed E-state index contributed by atoms with van der Waals surface area (Å²) in [6, 6.07) is 6.81. The molecule has 0 radical (unpaired) electrons. The maximum Gasteiger partial charge on any atom is 0.318 e. The Hall–Kier alpha value is -2.50. The van der Waals surface area contributed by atoms with Gasteiger partial charge in [0.2, 0.25) is 0 Å². The van der Waals surface area contributed by atoms with Crippen LogP contribution in [0.1, 0.15) is 36.9 Å². The minimum atomic E-state index is -0.629. The highest BCUT2D eigenvalue weighted by Crippen LogP contribution is 2.29. The Kier molecular flexibility index (Phi) is 4.74. The van der Waals surface area contributed by atoms with Crippen molar-refractivity contribution in [2.24, 2.45) is 0 Å².